The van der Waals surface area contributed by atoms with Crippen molar-refractivity contribution in [3.8, 4) is 0 Å². The summed E-state index contributed by atoms with van der Waals surface area (Å²) in [5.41, 5.74) is 2.85. The van der Waals surface area contributed by atoms with Gasteiger partial charge in [0.1, 0.15) is 6.04 Å². The zero-order chi connectivity index (χ0) is 16.6. The molecular weight excluding hydrogens is 288 g/mol. The van der Waals surface area contributed by atoms with Crippen LogP contribution in [0.4, 0.5) is 0 Å². The summed E-state index contributed by atoms with van der Waals surface area (Å²) in [6.07, 6.45) is 3.00. The maximum Gasteiger partial charge on any atom is 0.245 e. The number of amides is 2. The first kappa shape index (κ1) is 16.0. The molecule has 4 nitrogen and oxygen atoms in total. The third kappa shape index (κ3) is 3.26. The van der Waals surface area contributed by atoms with E-state index in [2.05, 4.69) is 37.4 Å². The third-order valence-corrected chi connectivity index (χ3v) is 4.99. The molecule has 1 atom stereocenters. The Morgan fingerprint density at radius 2 is 1.96 bits per heavy atom. The zero-order valence-electron chi connectivity index (χ0n) is 14.3. The van der Waals surface area contributed by atoms with E-state index in [-0.39, 0.29) is 17.2 Å². The number of rotatable bonds is 4. The van der Waals surface area contributed by atoms with Crippen LogP contribution in [0.1, 0.15) is 51.2 Å². The minimum Gasteiger partial charge on any atom is -0.345 e. The Labute approximate surface area is 138 Å². The minimum absolute atomic E-state index is 0.0645. The Kier molecular flexibility index (Phi) is 4.17. The van der Waals surface area contributed by atoms with Crippen LogP contribution >= 0.6 is 0 Å². The summed E-state index contributed by atoms with van der Waals surface area (Å²) >= 11 is 0. The van der Waals surface area contributed by atoms with Gasteiger partial charge in [-0.25, -0.2) is 0 Å². The van der Waals surface area contributed by atoms with Crippen LogP contribution in [0.15, 0.2) is 24.3 Å². The first-order chi connectivity index (χ1) is 10.9. The van der Waals surface area contributed by atoms with Crippen LogP contribution in [0.25, 0.3) is 0 Å². The predicted molar refractivity (Wildman–Crippen MR) is 89.8 cm³/mol. The minimum atomic E-state index is -0.409. The topological polar surface area (TPSA) is 49.4 Å². The van der Waals surface area contributed by atoms with Gasteiger partial charge in [-0.2, -0.15) is 0 Å². The average Bonchev–Trinajstić information content (AvgIpc) is 3.25. The van der Waals surface area contributed by atoms with Gasteiger partial charge in [-0.3, -0.25) is 9.59 Å². The molecule has 0 radical (unpaired) electrons. The van der Waals surface area contributed by atoms with E-state index >= 15 is 0 Å². The summed E-state index contributed by atoms with van der Waals surface area (Å²) < 4.78 is 0. The second kappa shape index (κ2) is 5.99. The monoisotopic (exact) mass is 314 g/mol. The maximum absolute atomic E-state index is 13.0. The average molecular weight is 314 g/mol. The van der Waals surface area contributed by atoms with Crippen LogP contribution in [0.2, 0.25) is 0 Å². The van der Waals surface area contributed by atoms with Crippen molar-refractivity contribution < 1.29 is 9.59 Å². The normalized spacial score (nSPS) is 19.4. The van der Waals surface area contributed by atoms with E-state index in [0.29, 0.717) is 18.9 Å². The van der Waals surface area contributed by atoms with Gasteiger partial charge in [0.05, 0.1) is 0 Å². The van der Waals surface area contributed by atoms with Gasteiger partial charge >= 0.3 is 0 Å². The molecule has 1 aliphatic carbocycles. The van der Waals surface area contributed by atoms with Crippen LogP contribution in [-0.2, 0) is 21.5 Å². The fraction of sp³-hybridized carbons (Fsp3) is 0.579. The predicted octanol–water partition coefficient (Wildman–Crippen LogP) is 2.61. The highest BCUT2D eigenvalue weighted by molar-refractivity contribution is 5.87. The SMILES string of the molecule is CC(=O)N[C@@H](CC(C)C)C(=O)N1Cc2ccccc2C2(CC2)C1. The lowest BCUT2D eigenvalue weighted by Gasteiger charge is -2.37. The third-order valence-electron chi connectivity index (χ3n) is 4.99. The number of hydrogen-bond acceptors (Lipinski definition) is 2. The lowest BCUT2D eigenvalue weighted by Crippen LogP contribution is -2.51. The number of nitrogens with zero attached hydrogens (tertiary/aromatic N) is 1. The van der Waals surface area contributed by atoms with Crippen LogP contribution in [0, 0.1) is 5.92 Å². The van der Waals surface area contributed by atoms with Crippen molar-refractivity contribution in [2.24, 2.45) is 5.92 Å². The highest BCUT2D eigenvalue weighted by Gasteiger charge is 2.50. The zero-order valence-corrected chi connectivity index (χ0v) is 14.3. The molecule has 1 fully saturated rings. The van der Waals surface area contributed by atoms with Gasteiger partial charge in [0.25, 0.3) is 0 Å². The summed E-state index contributed by atoms with van der Waals surface area (Å²) in [7, 11) is 0. The summed E-state index contributed by atoms with van der Waals surface area (Å²) in [4.78, 5) is 26.4. The van der Waals surface area contributed by atoms with E-state index in [1.807, 2.05) is 11.0 Å². The van der Waals surface area contributed by atoms with Gasteiger partial charge < -0.3 is 10.2 Å². The van der Waals surface area contributed by atoms with Crippen molar-refractivity contribution in [2.75, 3.05) is 6.54 Å². The molecule has 0 saturated heterocycles. The Morgan fingerprint density at radius 1 is 1.26 bits per heavy atom. The summed E-state index contributed by atoms with van der Waals surface area (Å²) in [6, 6.07) is 8.07. The van der Waals surface area contributed by atoms with Crippen LogP contribution < -0.4 is 5.32 Å². The maximum atomic E-state index is 13.0. The number of hydrogen-bond donors (Lipinski definition) is 1. The first-order valence-electron chi connectivity index (χ1n) is 8.55. The Hall–Kier alpha value is -1.84. The fourth-order valence-electron chi connectivity index (χ4n) is 3.78. The molecule has 23 heavy (non-hydrogen) atoms. The molecule has 1 heterocycles. The van der Waals surface area contributed by atoms with Crippen molar-refractivity contribution in [1.29, 1.82) is 0 Å². The second-order valence-corrected chi connectivity index (χ2v) is 7.51. The van der Waals surface area contributed by atoms with Crippen molar-refractivity contribution >= 4 is 11.8 Å². The smallest absolute Gasteiger partial charge is 0.245 e. The molecule has 2 aliphatic rings. The number of carbonyl (C=O) groups is 2. The molecule has 3 rings (SSSR count). The number of carbonyl (C=O) groups excluding carboxylic acids is 2. The van der Waals surface area contributed by atoms with E-state index in [1.54, 1.807) is 0 Å². The second-order valence-electron chi connectivity index (χ2n) is 7.51. The van der Waals surface area contributed by atoms with E-state index in [0.717, 1.165) is 19.4 Å². The van der Waals surface area contributed by atoms with Gasteiger partial charge in [0.15, 0.2) is 0 Å². The highest BCUT2D eigenvalue weighted by atomic mass is 16.2. The van der Waals surface area contributed by atoms with Gasteiger partial charge in [0.2, 0.25) is 11.8 Å². The molecule has 1 aliphatic heterocycles. The molecule has 1 spiro atoms. The Bertz CT molecular complexity index is 620. The van der Waals surface area contributed by atoms with E-state index in [9.17, 15) is 9.59 Å². The van der Waals surface area contributed by atoms with Gasteiger partial charge in [-0.15, -0.1) is 0 Å². The molecule has 1 aromatic rings. The molecule has 124 valence electrons. The van der Waals surface area contributed by atoms with Gasteiger partial charge in [0, 0.05) is 25.4 Å². The van der Waals surface area contributed by atoms with Gasteiger partial charge in [-0.1, -0.05) is 38.1 Å². The summed E-state index contributed by atoms with van der Waals surface area (Å²) in [6.45, 7) is 7.09. The molecule has 0 unspecified atom stereocenters. The highest BCUT2D eigenvalue weighted by Crippen LogP contribution is 2.52. The molecular formula is C19H26N2O2. The van der Waals surface area contributed by atoms with Crippen LogP contribution in [0.3, 0.4) is 0 Å². The molecule has 1 N–H and O–H groups in total. The van der Waals surface area contributed by atoms with E-state index in [1.165, 1.54) is 18.1 Å². The summed E-state index contributed by atoms with van der Waals surface area (Å²) in [5, 5.41) is 2.85. The molecule has 4 heteroatoms. The number of benzene rings is 1. The van der Waals surface area contributed by atoms with Crippen molar-refractivity contribution in [3.63, 3.8) is 0 Å². The molecule has 2 amide bonds. The number of fused-ring (bicyclic) bond motifs is 2. The first-order valence-corrected chi connectivity index (χ1v) is 8.55. The van der Waals surface area contributed by atoms with Crippen LogP contribution in [-0.4, -0.2) is 29.3 Å². The quantitative estimate of drug-likeness (QED) is 0.929. The molecule has 0 bridgehead atoms. The van der Waals surface area contributed by atoms with Crippen molar-refractivity contribution in [1.82, 2.24) is 10.2 Å². The van der Waals surface area contributed by atoms with Gasteiger partial charge in [-0.05, 0) is 36.3 Å². The molecule has 0 aromatic heterocycles. The van der Waals surface area contributed by atoms with Crippen molar-refractivity contribution in [2.45, 2.75) is 58.0 Å². The van der Waals surface area contributed by atoms with E-state index < -0.39 is 6.04 Å². The largest absolute Gasteiger partial charge is 0.345 e. The molecule has 1 aromatic carbocycles. The summed E-state index contributed by atoms with van der Waals surface area (Å²) in [5.74, 6) is 0.292. The Balaban J connectivity index is 1.81. The fourth-order valence-corrected chi connectivity index (χ4v) is 3.78. The standard InChI is InChI=1S/C19H26N2O2/c1-13(2)10-17(20-14(3)22)18(23)21-11-15-6-4-5-7-16(15)19(12-21)8-9-19/h4-7,13,17H,8-12H2,1-3H3,(H,20,22)/t17-/m0/s1. The van der Waals surface area contributed by atoms with Crippen molar-refractivity contribution in [3.05, 3.63) is 35.4 Å². The van der Waals surface area contributed by atoms with E-state index in [4.69, 9.17) is 0 Å². The lowest BCUT2D eigenvalue weighted by atomic mass is 9.86. The lowest BCUT2D eigenvalue weighted by molar-refractivity contribution is -0.137. The van der Waals surface area contributed by atoms with Crippen LogP contribution in [0.5, 0.6) is 0 Å². The molecule has 1 saturated carbocycles. The Morgan fingerprint density at radius 3 is 2.57 bits per heavy atom. The number of nitrogens with one attached hydrogen (secondary N) is 1.